The Labute approximate surface area is 121 Å². The van der Waals surface area contributed by atoms with Crippen molar-refractivity contribution in [3.63, 3.8) is 0 Å². The minimum Gasteiger partial charge on any atom is -0.343 e. The second kappa shape index (κ2) is 6.87. The Morgan fingerprint density at radius 2 is 2.10 bits per heavy atom. The molecule has 20 heavy (non-hydrogen) atoms. The van der Waals surface area contributed by atoms with E-state index in [1.54, 1.807) is 4.31 Å². The fraction of sp³-hybridized carbons (Fsp3) is 0.923. The average molecular weight is 303 g/mol. The molecule has 2 aliphatic heterocycles. The highest BCUT2D eigenvalue weighted by Crippen LogP contribution is 2.17. The molecule has 0 aromatic rings. The van der Waals surface area contributed by atoms with Gasteiger partial charge in [-0.1, -0.05) is 6.92 Å². The van der Waals surface area contributed by atoms with Crippen molar-refractivity contribution in [2.75, 3.05) is 32.7 Å². The van der Waals surface area contributed by atoms with Gasteiger partial charge in [0.25, 0.3) is 10.2 Å². The Hall–Kier alpha value is -0.660. The minimum absolute atomic E-state index is 0.192. The number of carbonyl (C=O) groups is 1. The van der Waals surface area contributed by atoms with Crippen LogP contribution in [0.25, 0.3) is 0 Å². The number of nitrogens with zero attached hydrogens (tertiary/aromatic N) is 2. The van der Waals surface area contributed by atoms with E-state index in [0.717, 1.165) is 25.8 Å². The van der Waals surface area contributed by atoms with E-state index < -0.39 is 10.2 Å². The summed E-state index contributed by atoms with van der Waals surface area (Å²) in [6.45, 7) is 5.18. The largest absolute Gasteiger partial charge is 0.343 e. The Bertz CT molecular complexity index is 438. The molecule has 0 bridgehead atoms. The van der Waals surface area contributed by atoms with Gasteiger partial charge in [0.1, 0.15) is 0 Å². The molecule has 116 valence electrons. The first-order chi connectivity index (χ1) is 9.49. The molecule has 2 aliphatic rings. The second-order valence-corrected chi connectivity index (χ2v) is 7.60. The van der Waals surface area contributed by atoms with Crippen molar-refractivity contribution in [3.05, 3.63) is 0 Å². The number of hydrogen-bond donors (Lipinski definition) is 1. The molecule has 1 N–H and O–H groups in total. The van der Waals surface area contributed by atoms with Crippen LogP contribution in [0.5, 0.6) is 0 Å². The lowest BCUT2D eigenvalue weighted by molar-refractivity contribution is -0.127. The van der Waals surface area contributed by atoms with E-state index >= 15 is 0 Å². The van der Waals surface area contributed by atoms with Gasteiger partial charge in [0.15, 0.2) is 0 Å². The zero-order valence-electron chi connectivity index (χ0n) is 12.2. The molecule has 2 fully saturated rings. The van der Waals surface area contributed by atoms with Crippen molar-refractivity contribution in [3.8, 4) is 0 Å². The fourth-order valence-corrected chi connectivity index (χ4v) is 4.27. The fourth-order valence-electron chi connectivity index (χ4n) is 2.87. The maximum Gasteiger partial charge on any atom is 0.279 e. The first-order valence-corrected chi connectivity index (χ1v) is 8.95. The van der Waals surface area contributed by atoms with Gasteiger partial charge in [-0.05, 0) is 31.6 Å². The average Bonchev–Trinajstić information content (AvgIpc) is 2.80. The molecule has 0 aliphatic carbocycles. The summed E-state index contributed by atoms with van der Waals surface area (Å²) in [5.41, 5.74) is 0. The maximum atomic E-state index is 12.1. The Morgan fingerprint density at radius 1 is 1.30 bits per heavy atom. The third-order valence-electron chi connectivity index (χ3n) is 4.02. The zero-order valence-corrected chi connectivity index (χ0v) is 13.0. The summed E-state index contributed by atoms with van der Waals surface area (Å²) in [5, 5.41) is 0. The number of rotatable bonds is 6. The van der Waals surface area contributed by atoms with E-state index in [1.807, 2.05) is 4.90 Å². The Kier molecular flexibility index (Phi) is 5.40. The monoisotopic (exact) mass is 303 g/mol. The van der Waals surface area contributed by atoms with Crippen LogP contribution in [0.1, 0.15) is 39.0 Å². The quantitative estimate of drug-likeness (QED) is 0.729. The first kappa shape index (κ1) is 15.7. The summed E-state index contributed by atoms with van der Waals surface area (Å²) in [4.78, 5) is 13.2. The minimum atomic E-state index is -3.35. The molecule has 0 radical (unpaired) electrons. The molecule has 0 unspecified atom stereocenters. The predicted octanol–water partition coefficient (Wildman–Crippen LogP) is 0.565. The number of hydrogen-bond acceptors (Lipinski definition) is 3. The topological polar surface area (TPSA) is 69.7 Å². The third kappa shape index (κ3) is 4.17. The molecule has 0 spiro atoms. The van der Waals surface area contributed by atoms with E-state index in [2.05, 4.69) is 11.6 Å². The molecule has 1 amide bonds. The Morgan fingerprint density at radius 3 is 2.75 bits per heavy atom. The van der Waals surface area contributed by atoms with E-state index in [1.165, 1.54) is 0 Å². The maximum absolute atomic E-state index is 12.1. The lowest BCUT2D eigenvalue weighted by atomic mass is 10.0. The second-order valence-electron chi connectivity index (χ2n) is 5.84. The molecule has 2 heterocycles. The van der Waals surface area contributed by atoms with Gasteiger partial charge < -0.3 is 4.90 Å². The van der Waals surface area contributed by atoms with Gasteiger partial charge in [-0.3, -0.25) is 4.79 Å². The molecule has 0 saturated carbocycles. The Balaban J connectivity index is 1.71. The van der Waals surface area contributed by atoms with Crippen LogP contribution in [0.2, 0.25) is 0 Å². The molecular weight excluding hydrogens is 278 g/mol. The van der Waals surface area contributed by atoms with E-state index in [4.69, 9.17) is 0 Å². The van der Waals surface area contributed by atoms with Crippen LogP contribution >= 0.6 is 0 Å². The normalized spacial score (nSPS) is 25.4. The summed E-state index contributed by atoms with van der Waals surface area (Å²) in [6, 6.07) is 0. The third-order valence-corrected chi connectivity index (χ3v) is 5.60. The van der Waals surface area contributed by atoms with Crippen molar-refractivity contribution in [2.45, 2.75) is 39.0 Å². The van der Waals surface area contributed by atoms with E-state index in [0.29, 0.717) is 44.9 Å². The summed E-state index contributed by atoms with van der Waals surface area (Å²) < 4.78 is 28.4. The van der Waals surface area contributed by atoms with Gasteiger partial charge in [-0.15, -0.1) is 0 Å². The highest BCUT2D eigenvalue weighted by Gasteiger charge is 2.26. The number of carbonyl (C=O) groups excluding carboxylic acids is 1. The van der Waals surface area contributed by atoms with Crippen molar-refractivity contribution >= 4 is 16.1 Å². The van der Waals surface area contributed by atoms with Gasteiger partial charge >= 0.3 is 0 Å². The van der Waals surface area contributed by atoms with Gasteiger partial charge in [0.2, 0.25) is 5.91 Å². The summed E-state index contributed by atoms with van der Waals surface area (Å²) in [5.74, 6) is 0.625. The molecule has 2 saturated heterocycles. The highest BCUT2D eigenvalue weighted by atomic mass is 32.2. The van der Waals surface area contributed by atoms with Gasteiger partial charge in [0.05, 0.1) is 0 Å². The summed E-state index contributed by atoms with van der Waals surface area (Å²) in [6.07, 6.45) is 4.27. The molecule has 6 nitrogen and oxygen atoms in total. The first-order valence-electron chi connectivity index (χ1n) is 7.51. The smallest absolute Gasteiger partial charge is 0.279 e. The van der Waals surface area contributed by atoms with Crippen molar-refractivity contribution in [2.24, 2.45) is 5.92 Å². The van der Waals surface area contributed by atoms with Crippen LogP contribution in [0.15, 0.2) is 0 Å². The number of nitrogens with one attached hydrogen (secondary N) is 1. The highest BCUT2D eigenvalue weighted by molar-refractivity contribution is 7.87. The summed E-state index contributed by atoms with van der Waals surface area (Å²) in [7, 11) is -3.35. The SMILES string of the molecule is C[C@@H]1CCCN(S(=O)(=O)NCCCN2CCCC2=O)C1. The molecular formula is C13H25N3O3S. The van der Waals surface area contributed by atoms with Crippen LogP contribution in [-0.4, -0.2) is 56.3 Å². The van der Waals surface area contributed by atoms with Gasteiger partial charge in [-0.2, -0.15) is 12.7 Å². The van der Waals surface area contributed by atoms with Crippen molar-refractivity contribution < 1.29 is 13.2 Å². The molecule has 0 aromatic carbocycles. The number of piperidine rings is 1. The van der Waals surface area contributed by atoms with E-state index in [-0.39, 0.29) is 5.91 Å². The van der Waals surface area contributed by atoms with E-state index in [9.17, 15) is 13.2 Å². The van der Waals surface area contributed by atoms with Crippen molar-refractivity contribution in [1.29, 1.82) is 0 Å². The molecule has 0 aromatic heterocycles. The number of amides is 1. The van der Waals surface area contributed by atoms with Crippen LogP contribution in [0.4, 0.5) is 0 Å². The zero-order chi connectivity index (χ0) is 14.6. The number of likely N-dealkylation sites (tertiary alicyclic amines) is 1. The molecule has 1 atom stereocenters. The standard InChI is InChI=1S/C13H25N3O3S/c1-12-5-2-10-16(11-12)20(18,19)14-7-4-9-15-8-3-6-13(15)17/h12,14H,2-11H2,1H3/t12-/m1/s1. The molecule has 2 rings (SSSR count). The van der Waals surface area contributed by atoms with Gasteiger partial charge in [-0.25, -0.2) is 4.72 Å². The van der Waals surface area contributed by atoms with Crippen molar-refractivity contribution in [1.82, 2.24) is 13.9 Å². The molecule has 7 heteroatoms. The van der Waals surface area contributed by atoms with Crippen LogP contribution in [-0.2, 0) is 15.0 Å². The van der Waals surface area contributed by atoms with Crippen LogP contribution in [0.3, 0.4) is 0 Å². The van der Waals surface area contributed by atoms with Gasteiger partial charge in [0, 0.05) is 39.1 Å². The lowest BCUT2D eigenvalue weighted by Gasteiger charge is -2.30. The predicted molar refractivity (Wildman–Crippen MR) is 77.3 cm³/mol. The summed E-state index contributed by atoms with van der Waals surface area (Å²) >= 11 is 0. The lowest BCUT2D eigenvalue weighted by Crippen LogP contribution is -2.46. The van der Waals surface area contributed by atoms with Crippen LogP contribution in [0, 0.1) is 5.92 Å². The van der Waals surface area contributed by atoms with Crippen LogP contribution < -0.4 is 4.72 Å².